The summed E-state index contributed by atoms with van der Waals surface area (Å²) < 4.78 is 0. The number of carbonyl (C=O) groups is 2. The molecule has 4 N–H and O–H groups in total. The van der Waals surface area contributed by atoms with Crippen LogP contribution in [0.15, 0.2) is 0 Å². The Morgan fingerprint density at radius 2 is 2.25 bits per heavy atom. The quantitative estimate of drug-likeness (QED) is 0.476. The van der Waals surface area contributed by atoms with Gasteiger partial charge in [-0.1, -0.05) is 6.42 Å². The summed E-state index contributed by atoms with van der Waals surface area (Å²) in [4.78, 5) is 21.7. The molecule has 2 aliphatic heterocycles. The van der Waals surface area contributed by atoms with Crippen molar-refractivity contribution in [2.75, 3.05) is 5.75 Å². The van der Waals surface area contributed by atoms with Crippen LogP contribution in [0.1, 0.15) is 25.7 Å². The van der Waals surface area contributed by atoms with Crippen LogP contribution in [0.4, 0.5) is 4.79 Å². The number of hydrogen-bond acceptors (Lipinski definition) is 3. The van der Waals surface area contributed by atoms with Gasteiger partial charge in [0, 0.05) is 17.4 Å². The van der Waals surface area contributed by atoms with Crippen molar-refractivity contribution >= 4 is 23.7 Å². The topological polar surface area (TPSA) is 84.2 Å². The molecule has 0 aromatic carbocycles. The maximum absolute atomic E-state index is 11.1. The molecule has 3 amide bonds. The van der Waals surface area contributed by atoms with E-state index in [0.717, 1.165) is 25.0 Å². The number of carbonyl (C=O) groups excluding carboxylic acids is 2. The molecule has 90 valence electrons. The van der Waals surface area contributed by atoms with Crippen molar-refractivity contribution in [3.8, 4) is 0 Å². The van der Waals surface area contributed by atoms with Crippen molar-refractivity contribution in [1.82, 2.24) is 10.6 Å². The predicted octanol–water partition coefficient (Wildman–Crippen LogP) is 0.197. The van der Waals surface area contributed by atoms with E-state index in [1.54, 1.807) is 0 Å². The number of amides is 3. The number of urea groups is 1. The average Bonchev–Trinajstić information content (AvgIpc) is 2.72. The van der Waals surface area contributed by atoms with Crippen molar-refractivity contribution in [3.63, 3.8) is 0 Å². The van der Waals surface area contributed by atoms with E-state index in [0.29, 0.717) is 17.7 Å². The van der Waals surface area contributed by atoms with E-state index in [1.807, 2.05) is 11.8 Å². The minimum Gasteiger partial charge on any atom is -0.370 e. The van der Waals surface area contributed by atoms with Crippen molar-refractivity contribution in [3.05, 3.63) is 0 Å². The lowest BCUT2D eigenvalue weighted by atomic mass is 10.0. The summed E-state index contributed by atoms with van der Waals surface area (Å²) >= 11 is 1.90. The standard InChI is InChI=1S/C10H17N3O2S/c11-8(14)4-2-1-3-7-9-6(5-16-7)12-10(15)13-9/h6-7,9H,1-5H2,(H2,11,14)(H2,12,13,15)/t6-,7-,9-/m1/s1. The Kier molecular flexibility index (Phi) is 3.58. The molecule has 2 saturated heterocycles. The second-order valence-corrected chi connectivity index (χ2v) is 5.61. The Balaban J connectivity index is 1.70. The lowest BCUT2D eigenvalue weighted by Crippen LogP contribution is -2.36. The molecule has 6 heteroatoms. The summed E-state index contributed by atoms with van der Waals surface area (Å²) in [6.07, 6.45) is 3.36. The summed E-state index contributed by atoms with van der Waals surface area (Å²) in [6, 6.07) is 0.516. The van der Waals surface area contributed by atoms with Crippen LogP contribution in [0.2, 0.25) is 0 Å². The van der Waals surface area contributed by atoms with E-state index < -0.39 is 0 Å². The van der Waals surface area contributed by atoms with E-state index >= 15 is 0 Å². The molecule has 3 atom stereocenters. The Hall–Kier alpha value is -0.910. The molecular formula is C10H17N3O2S. The number of nitrogens with one attached hydrogen (secondary N) is 2. The van der Waals surface area contributed by atoms with Gasteiger partial charge in [0.15, 0.2) is 0 Å². The summed E-state index contributed by atoms with van der Waals surface area (Å²) in [5.41, 5.74) is 5.08. The highest BCUT2D eigenvalue weighted by Gasteiger charge is 2.42. The molecule has 2 heterocycles. The van der Waals surface area contributed by atoms with E-state index in [1.165, 1.54) is 0 Å². The lowest BCUT2D eigenvalue weighted by Gasteiger charge is -2.16. The van der Waals surface area contributed by atoms with Gasteiger partial charge in [0.1, 0.15) is 0 Å². The number of primary amides is 1. The monoisotopic (exact) mass is 243 g/mol. The molecular weight excluding hydrogens is 226 g/mol. The Bertz CT molecular complexity index is 298. The zero-order valence-electron chi connectivity index (χ0n) is 9.07. The highest BCUT2D eigenvalue weighted by atomic mass is 32.2. The van der Waals surface area contributed by atoms with Crippen LogP contribution in [0.25, 0.3) is 0 Å². The first-order valence-electron chi connectivity index (χ1n) is 5.64. The van der Waals surface area contributed by atoms with E-state index in [2.05, 4.69) is 10.6 Å². The number of hydrogen-bond donors (Lipinski definition) is 3. The average molecular weight is 243 g/mol. The third-order valence-corrected chi connectivity index (χ3v) is 4.61. The van der Waals surface area contributed by atoms with Crippen molar-refractivity contribution in [2.45, 2.75) is 43.0 Å². The normalized spacial score (nSPS) is 32.0. The molecule has 0 unspecified atom stereocenters. The van der Waals surface area contributed by atoms with Crippen LogP contribution in [0, 0.1) is 0 Å². The Labute approximate surface area is 98.9 Å². The van der Waals surface area contributed by atoms with Gasteiger partial charge < -0.3 is 16.4 Å². The molecule has 0 saturated carbocycles. The van der Waals surface area contributed by atoms with Gasteiger partial charge >= 0.3 is 6.03 Å². The van der Waals surface area contributed by atoms with Crippen LogP contribution >= 0.6 is 11.8 Å². The zero-order valence-corrected chi connectivity index (χ0v) is 9.89. The third-order valence-electron chi connectivity index (χ3n) is 3.10. The van der Waals surface area contributed by atoms with E-state index in [4.69, 9.17) is 5.73 Å². The number of fused-ring (bicyclic) bond motifs is 1. The molecule has 5 nitrogen and oxygen atoms in total. The first kappa shape index (κ1) is 11.6. The largest absolute Gasteiger partial charge is 0.370 e. The fraction of sp³-hybridized carbons (Fsp3) is 0.800. The number of unbranched alkanes of at least 4 members (excludes halogenated alkanes) is 1. The van der Waals surface area contributed by atoms with Gasteiger partial charge in [0.2, 0.25) is 5.91 Å². The van der Waals surface area contributed by atoms with Crippen molar-refractivity contribution in [1.29, 1.82) is 0 Å². The second kappa shape index (κ2) is 4.95. The predicted molar refractivity (Wildman–Crippen MR) is 63.2 cm³/mol. The molecule has 2 rings (SSSR count). The molecule has 0 aromatic heterocycles. The van der Waals surface area contributed by atoms with Gasteiger partial charge in [-0.15, -0.1) is 0 Å². The number of rotatable bonds is 5. The molecule has 0 aliphatic carbocycles. The number of nitrogens with two attached hydrogens (primary N) is 1. The van der Waals surface area contributed by atoms with Gasteiger partial charge in [0.05, 0.1) is 12.1 Å². The van der Waals surface area contributed by atoms with Gasteiger partial charge in [0.25, 0.3) is 0 Å². The van der Waals surface area contributed by atoms with Gasteiger partial charge in [-0.05, 0) is 12.8 Å². The van der Waals surface area contributed by atoms with Crippen LogP contribution in [-0.4, -0.2) is 35.0 Å². The van der Waals surface area contributed by atoms with Gasteiger partial charge in [-0.3, -0.25) is 4.79 Å². The zero-order chi connectivity index (χ0) is 11.5. The summed E-state index contributed by atoms with van der Waals surface area (Å²) in [5, 5.41) is 6.35. The fourth-order valence-electron chi connectivity index (χ4n) is 2.29. The lowest BCUT2D eigenvalue weighted by molar-refractivity contribution is -0.118. The molecule has 16 heavy (non-hydrogen) atoms. The third kappa shape index (κ3) is 2.61. The van der Waals surface area contributed by atoms with Gasteiger partial charge in [-0.2, -0.15) is 11.8 Å². The maximum Gasteiger partial charge on any atom is 0.315 e. The second-order valence-electron chi connectivity index (χ2n) is 4.33. The highest BCUT2D eigenvalue weighted by Crippen LogP contribution is 2.33. The summed E-state index contributed by atoms with van der Waals surface area (Å²) in [5.74, 6) is 0.761. The molecule has 0 bridgehead atoms. The summed E-state index contributed by atoms with van der Waals surface area (Å²) in [7, 11) is 0. The van der Waals surface area contributed by atoms with E-state index in [9.17, 15) is 9.59 Å². The smallest absolute Gasteiger partial charge is 0.315 e. The molecule has 2 aliphatic rings. The minimum absolute atomic E-state index is 0.0440. The van der Waals surface area contributed by atoms with Crippen LogP contribution in [0.5, 0.6) is 0 Å². The van der Waals surface area contributed by atoms with Crippen LogP contribution in [-0.2, 0) is 4.79 Å². The molecule has 0 spiro atoms. The van der Waals surface area contributed by atoms with E-state index in [-0.39, 0.29) is 18.0 Å². The Morgan fingerprint density at radius 1 is 1.44 bits per heavy atom. The van der Waals surface area contributed by atoms with Crippen molar-refractivity contribution in [2.24, 2.45) is 5.73 Å². The van der Waals surface area contributed by atoms with Crippen molar-refractivity contribution < 1.29 is 9.59 Å². The minimum atomic E-state index is -0.229. The fourth-order valence-corrected chi connectivity index (χ4v) is 3.83. The number of thioether (sulfide) groups is 1. The maximum atomic E-state index is 11.1. The first-order valence-corrected chi connectivity index (χ1v) is 6.68. The van der Waals surface area contributed by atoms with Gasteiger partial charge in [-0.25, -0.2) is 4.79 Å². The molecule has 2 fully saturated rings. The first-order chi connectivity index (χ1) is 7.66. The van der Waals surface area contributed by atoms with Crippen LogP contribution < -0.4 is 16.4 Å². The SMILES string of the molecule is NC(=O)CCCC[C@H]1SC[C@H]2NC(=O)N[C@H]21. The Morgan fingerprint density at radius 3 is 3.00 bits per heavy atom. The summed E-state index contributed by atoms with van der Waals surface area (Å²) in [6.45, 7) is 0. The molecule has 0 radical (unpaired) electrons. The molecule has 0 aromatic rings. The highest BCUT2D eigenvalue weighted by molar-refractivity contribution is 8.00. The van der Waals surface area contributed by atoms with Crippen LogP contribution in [0.3, 0.4) is 0 Å².